The first-order chi connectivity index (χ1) is 8.14. The molecule has 3 N–H and O–H groups in total. The number of amides is 1. The Hall–Kier alpha value is -1.35. The SMILES string of the molecule is CC1(C)C(=O)Nc2ccc(C(N)C(C)(C)C)cc21. The molecule has 0 aliphatic carbocycles. The van der Waals surface area contributed by atoms with E-state index in [0.717, 1.165) is 16.8 Å². The van der Waals surface area contributed by atoms with Crippen molar-refractivity contribution in [3.8, 4) is 0 Å². The van der Waals surface area contributed by atoms with E-state index in [1.165, 1.54) is 0 Å². The van der Waals surface area contributed by atoms with Crippen LogP contribution in [0.1, 0.15) is 51.8 Å². The Balaban J connectivity index is 2.47. The highest BCUT2D eigenvalue weighted by Gasteiger charge is 2.38. The van der Waals surface area contributed by atoms with Crippen LogP contribution in [0.2, 0.25) is 0 Å². The van der Waals surface area contributed by atoms with Crippen molar-refractivity contribution in [2.45, 2.75) is 46.1 Å². The van der Waals surface area contributed by atoms with Gasteiger partial charge in [-0.1, -0.05) is 32.9 Å². The summed E-state index contributed by atoms with van der Waals surface area (Å²) in [5, 5.41) is 2.91. The van der Waals surface area contributed by atoms with Crippen LogP contribution in [0.15, 0.2) is 18.2 Å². The molecule has 1 atom stereocenters. The Morgan fingerprint density at radius 2 is 1.89 bits per heavy atom. The third-order valence-electron chi connectivity index (χ3n) is 3.82. The summed E-state index contributed by atoms with van der Waals surface area (Å²) < 4.78 is 0. The summed E-state index contributed by atoms with van der Waals surface area (Å²) in [6, 6.07) is 6.01. The van der Waals surface area contributed by atoms with Crippen molar-refractivity contribution in [2.75, 3.05) is 5.32 Å². The van der Waals surface area contributed by atoms with Gasteiger partial charge in [-0.3, -0.25) is 4.79 Å². The van der Waals surface area contributed by atoms with Gasteiger partial charge in [0, 0.05) is 11.7 Å². The van der Waals surface area contributed by atoms with Gasteiger partial charge in [0.05, 0.1) is 5.41 Å². The summed E-state index contributed by atoms with van der Waals surface area (Å²) in [6.07, 6.45) is 0. The van der Waals surface area contributed by atoms with Gasteiger partial charge in [0.15, 0.2) is 0 Å². The molecular formula is C15H22N2O. The monoisotopic (exact) mass is 246 g/mol. The number of carbonyl (C=O) groups is 1. The van der Waals surface area contributed by atoms with Crippen LogP contribution < -0.4 is 11.1 Å². The van der Waals surface area contributed by atoms with Gasteiger partial charge >= 0.3 is 0 Å². The van der Waals surface area contributed by atoms with Crippen molar-refractivity contribution in [2.24, 2.45) is 11.1 Å². The molecule has 1 unspecified atom stereocenters. The molecule has 1 aromatic rings. The van der Waals surface area contributed by atoms with Gasteiger partial charge in [0.2, 0.25) is 5.91 Å². The lowest BCUT2D eigenvalue weighted by atomic mass is 9.80. The molecule has 98 valence electrons. The molecule has 1 heterocycles. The molecule has 0 saturated carbocycles. The van der Waals surface area contributed by atoms with Crippen LogP contribution in [-0.2, 0) is 10.2 Å². The van der Waals surface area contributed by atoms with Gasteiger partial charge in [-0.2, -0.15) is 0 Å². The van der Waals surface area contributed by atoms with Gasteiger partial charge < -0.3 is 11.1 Å². The number of nitrogens with two attached hydrogens (primary N) is 1. The van der Waals surface area contributed by atoms with Crippen LogP contribution in [0.4, 0.5) is 5.69 Å². The first-order valence-electron chi connectivity index (χ1n) is 6.35. The fourth-order valence-electron chi connectivity index (χ4n) is 2.28. The summed E-state index contributed by atoms with van der Waals surface area (Å²) in [4.78, 5) is 11.9. The van der Waals surface area contributed by atoms with E-state index in [1.807, 2.05) is 26.0 Å². The quantitative estimate of drug-likeness (QED) is 0.800. The summed E-state index contributed by atoms with van der Waals surface area (Å²) in [5.74, 6) is 0.0546. The van der Waals surface area contributed by atoms with E-state index in [-0.39, 0.29) is 17.4 Å². The largest absolute Gasteiger partial charge is 0.325 e. The zero-order chi connectivity index (χ0) is 13.7. The molecule has 0 radical (unpaired) electrons. The summed E-state index contributed by atoms with van der Waals surface area (Å²) in [7, 11) is 0. The van der Waals surface area contributed by atoms with Crippen molar-refractivity contribution in [1.29, 1.82) is 0 Å². The van der Waals surface area contributed by atoms with E-state index in [4.69, 9.17) is 5.73 Å². The summed E-state index contributed by atoms with van der Waals surface area (Å²) >= 11 is 0. The molecule has 0 fully saturated rings. The van der Waals surface area contributed by atoms with Gasteiger partial charge in [-0.15, -0.1) is 0 Å². The van der Waals surface area contributed by atoms with E-state index in [9.17, 15) is 4.79 Å². The average Bonchev–Trinajstić information content (AvgIpc) is 2.48. The van der Waals surface area contributed by atoms with E-state index >= 15 is 0 Å². The van der Waals surface area contributed by atoms with E-state index < -0.39 is 5.41 Å². The zero-order valence-electron chi connectivity index (χ0n) is 11.8. The molecule has 3 heteroatoms. The second-order valence-electron chi connectivity index (χ2n) is 6.73. The molecule has 3 nitrogen and oxygen atoms in total. The van der Waals surface area contributed by atoms with Crippen molar-refractivity contribution < 1.29 is 4.79 Å². The second kappa shape index (κ2) is 3.82. The van der Waals surface area contributed by atoms with Gasteiger partial charge in [0.1, 0.15) is 0 Å². The highest BCUT2D eigenvalue weighted by Crippen LogP contribution is 2.40. The molecule has 0 spiro atoms. The Bertz CT molecular complexity index is 498. The van der Waals surface area contributed by atoms with E-state index in [0.29, 0.717) is 0 Å². The maximum absolute atomic E-state index is 11.9. The van der Waals surface area contributed by atoms with E-state index in [1.54, 1.807) is 0 Å². The van der Waals surface area contributed by atoms with Crippen molar-refractivity contribution in [3.63, 3.8) is 0 Å². The molecule has 0 aromatic heterocycles. The van der Waals surface area contributed by atoms with E-state index in [2.05, 4.69) is 32.2 Å². The van der Waals surface area contributed by atoms with Crippen LogP contribution in [0.25, 0.3) is 0 Å². The highest BCUT2D eigenvalue weighted by molar-refractivity contribution is 6.05. The third-order valence-corrected chi connectivity index (χ3v) is 3.82. The van der Waals surface area contributed by atoms with Crippen molar-refractivity contribution >= 4 is 11.6 Å². The lowest BCUT2D eigenvalue weighted by Crippen LogP contribution is -2.28. The molecule has 1 amide bonds. The minimum atomic E-state index is -0.469. The lowest BCUT2D eigenvalue weighted by Gasteiger charge is -2.28. The normalized spacial score (nSPS) is 19.3. The number of carbonyl (C=O) groups excluding carboxylic acids is 1. The lowest BCUT2D eigenvalue weighted by molar-refractivity contribution is -0.119. The molecular weight excluding hydrogens is 224 g/mol. The summed E-state index contributed by atoms with van der Waals surface area (Å²) in [6.45, 7) is 10.3. The Morgan fingerprint density at radius 1 is 1.28 bits per heavy atom. The van der Waals surface area contributed by atoms with Gasteiger partial charge in [-0.25, -0.2) is 0 Å². The first kappa shape index (κ1) is 13.1. The summed E-state index contributed by atoms with van der Waals surface area (Å²) in [5.41, 5.74) is 8.87. The Labute approximate surface area is 109 Å². The Morgan fingerprint density at radius 3 is 2.44 bits per heavy atom. The first-order valence-corrected chi connectivity index (χ1v) is 6.35. The fourth-order valence-corrected chi connectivity index (χ4v) is 2.28. The number of hydrogen-bond acceptors (Lipinski definition) is 2. The van der Waals surface area contributed by atoms with Crippen LogP contribution in [0.5, 0.6) is 0 Å². The topological polar surface area (TPSA) is 55.1 Å². The molecule has 18 heavy (non-hydrogen) atoms. The number of rotatable bonds is 1. The predicted octanol–water partition coefficient (Wildman–Crippen LogP) is 2.96. The molecule has 1 aliphatic heterocycles. The van der Waals surface area contributed by atoms with Gasteiger partial charge in [-0.05, 0) is 36.5 Å². The third kappa shape index (κ3) is 1.93. The standard InChI is InChI=1S/C15H22N2O/c1-14(2,3)12(16)9-6-7-11-10(8-9)15(4,5)13(18)17-11/h6-8,12H,16H2,1-5H3,(H,17,18). The zero-order valence-corrected chi connectivity index (χ0v) is 11.8. The number of anilines is 1. The minimum absolute atomic E-state index is 0.00835. The maximum atomic E-state index is 11.9. The molecule has 0 saturated heterocycles. The van der Waals surface area contributed by atoms with Crippen LogP contribution in [-0.4, -0.2) is 5.91 Å². The number of benzene rings is 1. The molecule has 2 rings (SSSR count). The average molecular weight is 246 g/mol. The second-order valence-corrected chi connectivity index (χ2v) is 6.73. The number of nitrogens with one attached hydrogen (secondary N) is 1. The fraction of sp³-hybridized carbons (Fsp3) is 0.533. The van der Waals surface area contributed by atoms with Crippen LogP contribution in [0, 0.1) is 5.41 Å². The predicted molar refractivity (Wildman–Crippen MR) is 74.5 cm³/mol. The molecule has 0 bridgehead atoms. The number of hydrogen-bond donors (Lipinski definition) is 2. The highest BCUT2D eigenvalue weighted by atomic mass is 16.2. The minimum Gasteiger partial charge on any atom is -0.325 e. The number of fused-ring (bicyclic) bond motifs is 1. The van der Waals surface area contributed by atoms with Crippen molar-refractivity contribution in [3.05, 3.63) is 29.3 Å². The van der Waals surface area contributed by atoms with Crippen LogP contribution >= 0.6 is 0 Å². The maximum Gasteiger partial charge on any atom is 0.234 e. The van der Waals surface area contributed by atoms with Gasteiger partial charge in [0.25, 0.3) is 0 Å². The van der Waals surface area contributed by atoms with Crippen molar-refractivity contribution in [1.82, 2.24) is 0 Å². The molecule has 1 aliphatic rings. The van der Waals surface area contributed by atoms with Crippen LogP contribution in [0.3, 0.4) is 0 Å². The molecule has 1 aromatic carbocycles. The Kier molecular flexibility index (Phi) is 2.78. The smallest absolute Gasteiger partial charge is 0.234 e.